The first-order valence-corrected chi connectivity index (χ1v) is 10.9. The molecule has 0 aromatic heterocycles. The monoisotopic (exact) mass is 413 g/mol. The van der Waals surface area contributed by atoms with E-state index in [0.717, 1.165) is 5.75 Å². The highest BCUT2D eigenvalue weighted by Gasteiger charge is 2.31. The summed E-state index contributed by atoms with van der Waals surface area (Å²) in [7, 11) is -3.75. The number of rotatable bonds is 7. The van der Waals surface area contributed by atoms with Gasteiger partial charge in [-0.2, -0.15) is 9.57 Å². The van der Waals surface area contributed by atoms with E-state index in [1.165, 1.54) is 16.4 Å². The van der Waals surface area contributed by atoms with Crippen molar-refractivity contribution in [1.82, 2.24) is 9.21 Å². The van der Waals surface area contributed by atoms with Gasteiger partial charge in [-0.05, 0) is 30.7 Å². The van der Waals surface area contributed by atoms with E-state index in [1.807, 2.05) is 36.4 Å². The van der Waals surface area contributed by atoms with Crippen LogP contribution in [0.15, 0.2) is 59.5 Å². The fourth-order valence-electron chi connectivity index (χ4n) is 3.19. The summed E-state index contributed by atoms with van der Waals surface area (Å²) >= 11 is 0. The Morgan fingerprint density at radius 1 is 1.00 bits per heavy atom. The van der Waals surface area contributed by atoms with Crippen molar-refractivity contribution in [1.29, 1.82) is 5.26 Å². The van der Waals surface area contributed by atoms with E-state index in [-0.39, 0.29) is 29.5 Å². The van der Waals surface area contributed by atoms with Crippen molar-refractivity contribution >= 4 is 15.9 Å². The van der Waals surface area contributed by atoms with Crippen LogP contribution in [0.3, 0.4) is 0 Å². The molecule has 0 saturated carbocycles. The number of benzene rings is 2. The van der Waals surface area contributed by atoms with Crippen LogP contribution in [-0.4, -0.2) is 56.3 Å². The van der Waals surface area contributed by atoms with E-state index < -0.39 is 10.0 Å². The third-order valence-corrected chi connectivity index (χ3v) is 6.72. The molecule has 1 aliphatic heterocycles. The molecule has 0 bridgehead atoms. The first kappa shape index (κ1) is 20.8. The first-order chi connectivity index (χ1) is 14.0. The number of amides is 1. The number of carbonyl (C=O) groups excluding carboxylic acids is 1. The zero-order chi connectivity index (χ0) is 20.7. The van der Waals surface area contributed by atoms with Gasteiger partial charge >= 0.3 is 0 Å². The van der Waals surface area contributed by atoms with Crippen LogP contribution in [0.25, 0.3) is 0 Å². The van der Waals surface area contributed by atoms with Gasteiger partial charge < -0.3 is 9.64 Å². The second-order valence-corrected chi connectivity index (χ2v) is 8.56. The minimum Gasteiger partial charge on any atom is -0.494 e. The van der Waals surface area contributed by atoms with Gasteiger partial charge in [0.1, 0.15) is 11.8 Å². The number of para-hydroxylation sites is 1. The molecule has 0 aliphatic carbocycles. The van der Waals surface area contributed by atoms with Crippen LogP contribution in [0.1, 0.15) is 18.4 Å². The first-order valence-electron chi connectivity index (χ1n) is 9.47. The van der Waals surface area contributed by atoms with Crippen molar-refractivity contribution in [3.05, 3.63) is 60.2 Å². The number of carbonyl (C=O) groups is 1. The lowest BCUT2D eigenvalue weighted by molar-refractivity contribution is -0.132. The standard InChI is InChI=1S/C21H23N3O4S/c22-17-18-7-4-5-10-20(18)29(26,27)24-14-12-23(13-15-24)21(25)11-6-16-28-19-8-2-1-3-9-19/h1-5,7-10H,6,11-16H2. The molecular formula is C21H23N3O4S. The Balaban J connectivity index is 1.48. The van der Waals surface area contributed by atoms with Crippen molar-refractivity contribution in [2.75, 3.05) is 32.8 Å². The number of ether oxygens (including phenoxy) is 1. The highest BCUT2D eigenvalue weighted by molar-refractivity contribution is 7.89. The van der Waals surface area contributed by atoms with Crippen LogP contribution in [0.4, 0.5) is 0 Å². The van der Waals surface area contributed by atoms with Crippen molar-refractivity contribution in [2.45, 2.75) is 17.7 Å². The van der Waals surface area contributed by atoms with Crippen molar-refractivity contribution < 1.29 is 17.9 Å². The molecular weight excluding hydrogens is 390 g/mol. The average molecular weight is 413 g/mol. The molecule has 0 N–H and O–H groups in total. The van der Waals surface area contributed by atoms with Crippen molar-refractivity contribution in [3.8, 4) is 11.8 Å². The summed E-state index contributed by atoms with van der Waals surface area (Å²) < 4.78 is 32.6. The summed E-state index contributed by atoms with van der Waals surface area (Å²) in [6, 6.07) is 17.5. The Morgan fingerprint density at radius 2 is 1.66 bits per heavy atom. The van der Waals surface area contributed by atoms with E-state index in [2.05, 4.69) is 0 Å². The van der Waals surface area contributed by atoms with E-state index in [1.54, 1.807) is 17.0 Å². The number of hydrogen-bond donors (Lipinski definition) is 0. The molecule has 0 unspecified atom stereocenters. The molecule has 1 heterocycles. The number of nitrogens with zero attached hydrogens (tertiary/aromatic N) is 3. The largest absolute Gasteiger partial charge is 0.494 e. The van der Waals surface area contributed by atoms with Gasteiger partial charge in [0, 0.05) is 32.6 Å². The average Bonchev–Trinajstić information content (AvgIpc) is 2.77. The molecule has 3 rings (SSSR count). The Hall–Kier alpha value is -2.89. The van der Waals surface area contributed by atoms with Gasteiger partial charge in [0.05, 0.1) is 17.1 Å². The number of nitriles is 1. The second kappa shape index (κ2) is 9.54. The predicted octanol–water partition coefficient (Wildman–Crippen LogP) is 2.25. The van der Waals surface area contributed by atoms with Crippen LogP contribution in [0, 0.1) is 11.3 Å². The van der Waals surface area contributed by atoms with E-state index in [0.29, 0.717) is 32.5 Å². The quantitative estimate of drug-likeness (QED) is 0.650. The van der Waals surface area contributed by atoms with E-state index in [4.69, 9.17) is 4.74 Å². The summed E-state index contributed by atoms with van der Waals surface area (Å²) in [6.45, 7) is 1.57. The number of piperazine rings is 1. The normalized spacial score (nSPS) is 14.9. The number of sulfonamides is 1. The lowest BCUT2D eigenvalue weighted by Crippen LogP contribution is -2.50. The minimum atomic E-state index is -3.75. The predicted molar refractivity (Wildman–Crippen MR) is 108 cm³/mol. The van der Waals surface area contributed by atoms with Crippen LogP contribution in [-0.2, 0) is 14.8 Å². The Labute approximate surface area is 171 Å². The Kier molecular flexibility index (Phi) is 6.86. The fourth-order valence-corrected chi connectivity index (χ4v) is 4.75. The minimum absolute atomic E-state index is 0.00358. The molecule has 2 aromatic carbocycles. The molecule has 8 heteroatoms. The Morgan fingerprint density at radius 3 is 2.34 bits per heavy atom. The van der Waals surface area contributed by atoms with E-state index in [9.17, 15) is 18.5 Å². The van der Waals surface area contributed by atoms with Gasteiger partial charge in [0.15, 0.2) is 0 Å². The van der Waals surface area contributed by atoms with Gasteiger partial charge in [0.2, 0.25) is 15.9 Å². The maximum Gasteiger partial charge on any atom is 0.244 e. The zero-order valence-corrected chi connectivity index (χ0v) is 16.8. The Bertz CT molecular complexity index is 978. The van der Waals surface area contributed by atoms with Crippen LogP contribution < -0.4 is 4.74 Å². The smallest absolute Gasteiger partial charge is 0.244 e. The molecule has 0 spiro atoms. The highest BCUT2D eigenvalue weighted by atomic mass is 32.2. The lowest BCUT2D eigenvalue weighted by atomic mass is 10.2. The molecule has 1 saturated heterocycles. The maximum atomic E-state index is 12.8. The van der Waals surface area contributed by atoms with Crippen LogP contribution in [0.2, 0.25) is 0 Å². The SMILES string of the molecule is N#Cc1ccccc1S(=O)(=O)N1CCN(C(=O)CCCOc2ccccc2)CC1. The molecule has 152 valence electrons. The topological polar surface area (TPSA) is 90.7 Å². The van der Waals surface area contributed by atoms with Gasteiger partial charge in [-0.1, -0.05) is 30.3 Å². The molecule has 1 amide bonds. The molecule has 2 aromatic rings. The molecule has 29 heavy (non-hydrogen) atoms. The molecule has 1 fully saturated rings. The van der Waals surface area contributed by atoms with Gasteiger partial charge in [-0.25, -0.2) is 8.42 Å². The highest BCUT2D eigenvalue weighted by Crippen LogP contribution is 2.21. The summed E-state index contributed by atoms with van der Waals surface area (Å²) in [5, 5.41) is 9.17. The summed E-state index contributed by atoms with van der Waals surface area (Å²) in [6.07, 6.45) is 0.957. The molecule has 7 nitrogen and oxygen atoms in total. The third-order valence-electron chi connectivity index (χ3n) is 4.76. The number of hydrogen-bond acceptors (Lipinski definition) is 5. The summed E-state index contributed by atoms with van der Waals surface area (Å²) in [4.78, 5) is 14.1. The summed E-state index contributed by atoms with van der Waals surface area (Å²) in [5.41, 5.74) is 0.129. The van der Waals surface area contributed by atoms with Gasteiger partial charge in [-0.3, -0.25) is 4.79 Å². The van der Waals surface area contributed by atoms with E-state index >= 15 is 0 Å². The van der Waals surface area contributed by atoms with Gasteiger partial charge in [-0.15, -0.1) is 0 Å². The van der Waals surface area contributed by atoms with Crippen LogP contribution >= 0.6 is 0 Å². The van der Waals surface area contributed by atoms with Crippen molar-refractivity contribution in [2.24, 2.45) is 0 Å². The fraction of sp³-hybridized carbons (Fsp3) is 0.333. The maximum absolute atomic E-state index is 12.8. The lowest BCUT2D eigenvalue weighted by Gasteiger charge is -2.34. The van der Waals surface area contributed by atoms with Gasteiger partial charge in [0.25, 0.3) is 0 Å². The molecule has 1 aliphatic rings. The molecule has 0 radical (unpaired) electrons. The zero-order valence-electron chi connectivity index (χ0n) is 16.0. The molecule has 0 atom stereocenters. The summed E-state index contributed by atoms with van der Waals surface area (Å²) in [5.74, 6) is 0.771. The third kappa shape index (κ3) is 5.13. The second-order valence-electron chi connectivity index (χ2n) is 6.66. The van der Waals surface area contributed by atoms with Crippen molar-refractivity contribution in [3.63, 3.8) is 0 Å². The van der Waals surface area contributed by atoms with Crippen LogP contribution in [0.5, 0.6) is 5.75 Å².